The van der Waals surface area contributed by atoms with Gasteiger partial charge in [-0.15, -0.1) is 0 Å². The monoisotopic (exact) mass is 303 g/mol. The van der Waals surface area contributed by atoms with Crippen LogP contribution in [0.25, 0.3) is 0 Å². The van der Waals surface area contributed by atoms with Crippen LogP contribution in [0.15, 0.2) is 18.2 Å². The van der Waals surface area contributed by atoms with Crippen molar-refractivity contribution < 1.29 is 9.53 Å². The molecule has 0 aliphatic carbocycles. The number of methoxy groups -OCH3 is 1. The van der Waals surface area contributed by atoms with Crippen LogP contribution in [0.5, 0.6) is 0 Å². The Balaban J connectivity index is 2.63. The first-order valence-electron chi connectivity index (χ1n) is 8.16. The summed E-state index contributed by atoms with van der Waals surface area (Å²) in [5.74, 6) is 0.533. The molecule has 0 unspecified atom stereocenters. The lowest BCUT2D eigenvalue weighted by atomic mass is 9.77. The molecule has 0 saturated carbocycles. The summed E-state index contributed by atoms with van der Waals surface area (Å²) in [7, 11) is 1.48. The maximum atomic E-state index is 12.5. The summed E-state index contributed by atoms with van der Waals surface area (Å²) in [6.45, 7) is 13.0. The van der Waals surface area contributed by atoms with E-state index in [-0.39, 0.29) is 23.5 Å². The molecule has 1 aliphatic rings. The first-order valence-corrected chi connectivity index (χ1v) is 8.16. The minimum absolute atomic E-state index is 0.0800. The maximum Gasteiger partial charge on any atom is 0.328 e. The summed E-state index contributed by atoms with van der Waals surface area (Å²) in [6.07, 6.45) is 1.03. The van der Waals surface area contributed by atoms with Gasteiger partial charge < -0.3 is 9.64 Å². The van der Waals surface area contributed by atoms with E-state index in [1.54, 1.807) is 0 Å². The highest BCUT2D eigenvalue weighted by Crippen LogP contribution is 2.45. The van der Waals surface area contributed by atoms with E-state index in [1.807, 2.05) is 0 Å². The number of nitrogens with zero attached hydrogens (tertiary/aromatic N) is 1. The van der Waals surface area contributed by atoms with Gasteiger partial charge in [0.1, 0.15) is 6.04 Å². The normalized spacial score (nSPS) is 21.5. The molecule has 0 amide bonds. The molecule has 1 aromatic rings. The summed E-state index contributed by atoms with van der Waals surface area (Å²) >= 11 is 0. The van der Waals surface area contributed by atoms with Gasteiger partial charge >= 0.3 is 5.97 Å². The first-order chi connectivity index (χ1) is 10.2. The fraction of sp³-hybridized carbons (Fsp3) is 0.632. The number of hydrogen-bond donors (Lipinski definition) is 0. The Morgan fingerprint density at radius 1 is 1.36 bits per heavy atom. The second-order valence-corrected chi connectivity index (χ2v) is 7.56. The van der Waals surface area contributed by atoms with E-state index in [0.29, 0.717) is 5.92 Å². The van der Waals surface area contributed by atoms with Crippen molar-refractivity contribution in [1.82, 2.24) is 0 Å². The van der Waals surface area contributed by atoms with Crippen LogP contribution in [0.4, 0.5) is 5.69 Å². The molecule has 1 aromatic carbocycles. The number of rotatable bonds is 3. The Morgan fingerprint density at radius 2 is 2.00 bits per heavy atom. The van der Waals surface area contributed by atoms with Gasteiger partial charge in [-0.3, -0.25) is 0 Å². The van der Waals surface area contributed by atoms with Crippen LogP contribution < -0.4 is 4.90 Å². The van der Waals surface area contributed by atoms with E-state index < -0.39 is 0 Å². The van der Waals surface area contributed by atoms with Crippen molar-refractivity contribution >= 4 is 11.7 Å². The van der Waals surface area contributed by atoms with Crippen molar-refractivity contribution in [3.63, 3.8) is 0 Å². The molecule has 0 spiro atoms. The molecule has 0 saturated heterocycles. The second-order valence-electron chi connectivity index (χ2n) is 7.56. The number of fused-ring (bicyclic) bond motifs is 1. The number of anilines is 1. The van der Waals surface area contributed by atoms with Gasteiger partial charge in [-0.25, -0.2) is 4.79 Å². The molecular weight excluding hydrogens is 274 g/mol. The number of aryl methyl sites for hydroxylation is 1. The molecule has 1 aliphatic heterocycles. The molecular formula is C19H29NO2. The number of hydrogen-bond acceptors (Lipinski definition) is 3. The summed E-state index contributed by atoms with van der Waals surface area (Å²) in [5, 5.41) is 0. The van der Waals surface area contributed by atoms with Crippen LogP contribution in [0.1, 0.15) is 58.1 Å². The first kappa shape index (κ1) is 16.9. The minimum atomic E-state index is -0.256. The number of esters is 1. The van der Waals surface area contributed by atoms with Crippen LogP contribution in [0.2, 0.25) is 0 Å². The molecule has 0 bridgehead atoms. The quantitative estimate of drug-likeness (QED) is 0.780. The zero-order chi connectivity index (χ0) is 16.7. The SMILES string of the molecule is COC(=O)[C@H](C(C)C)N1c2cc(C)ccc2[C@@H](C)CC1(C)C. The summed E-state index contributed by atoms with van der Waals surface area (Å²) in [6, 6.07) is 6.33. The van der Waals surface area contributed by atoms with Gasteiger partial charge in [0.25, 0.3) is 0 Å². The predicted molar refractivity (Wildman–Crippen MR) is 91.4 cm³/mol. The Hall–Kier alpha value is -1.51. The predicted octanol–water partition coefficient (Wildman–Crippen LogP) is 4.28. The highest BCUT2D eigenvalue weighted by molar-refractivity contribution is 5.82. The van der Waals surface area contributed by atoms with Gasteiger partial charge in [-0.1, -0.05) is 32.9 Å². The zero-order valence-electron chi connectivity index (χ0n) is 14.9. The number of carbonyl (C=O) groups is 1. The largest absolute Gasteiger partial charge is 0.467 e. The van der Waals surface area contributed by atoms with Gasteiger partial charge in [-0.05, 0) is 56.2 Å². The third-order valence-corrected chi connectivity index (χ3v) is 4.79. The van der Waals surface area contributed by atoms with E-state index in [2.05, 4.69) is 64.6 Å². The molecule has 0 fully saturated rings. The fourth-order valence-electron chi connectivity index (χ4n) is 3.89. The number of carbonyl (C=O) groups excluding carboxylic acids is 1. The molecule has 3 heteroatoms. The van der Waals surface area contributed by atoms with Crippen LogP contribution in [-0.2, 0) is 9.53 Å². The van der Waals surface area contributed by atoms with Crippen LogP contribution >= 0.6 is 0 Å². The van der Waals surface area contributed by atoms with E-state index in [1.165, 1.54) is 23.9 Å². The van der Waals surface area contributed by atoms with Crippen LogP contribution in [-0.4, -0.2) is 24.7 Å². The smallest absolute Gasteiger partial charge is 0.328 e. The lowest BCUT2D eigenvalue weighted by molar-refractivity contribution is -0.143. The highest BCUT2D eigenvalue weighted by atomic mass is 16.5. The van der Waals surface area contributed by atoms with E-state index in [0.717, 1.165) is 6.42 Å². The van der Waals surface area contributed by atoms with Crippen molar-refractivity contribution in [2.45, 2.75) is 65.5 Å². The molecule has 22 heavy (non-hydrogen) atoms. The van der Waals surface area contributed by atoms with Crippen LogP contribution in [0.3, 0.4) is 0 Å². The van der Waals surface area contributed by atoms with Crippen molar-refractivity contribution in [1.29, 1.82) is 0 Å². The standard InChI is InChI=1S/C19H29NO2/c1-12(2)17(18(21)22-7)20-16-10-13(3)8-9-15(16)14(4)11-19(20,5)6/h8-10,12,14,17H,11H2,1-7H3/t14-,17-/m0/s1. The lowest BCUT2D eigenvalue weighted by Gasteiger charge is -2.51. The minimum Gasteiger partial charge on any atom is -0.467 e. The molecule has 0 N–H and O–H groups in total. The van der Waals surface area contributed by atoms with Gasteiger partial charge in [0.15, 0.2) is 0 Å². The Kier molecular flexibility index (Phi) is 4.55. The van der Waals surface area contributed by atoms with Gasteiger partial charge in [0, 0.05) is 11.2 Å². The molecule has 2 rings (SSSR count). The molecule has 3 nitrogen and oxygen atoms in total. The number of benzene rings is 1. The number of ether oxygens (including phenoxy) is 1. The van der Waals surface area contributed by atoms with E-state index >= 15 is 0 Å². The van der Waals surface area contributed by atoms with Crippen LogP contribution in [0, 0.1) is 12.8 Å². The topological polar surface area (TPSA) is 29.5 Å². The average molecular weight is 303 g/mol. The third-order valence-electron chi connectivity index (χ3n) is 4.79. The van der Waals surface area contributed by atoms with Crippen molar-refractivity contribution in [3.8, 4) is 0 Å². The van der Waals surface area contributed by atoms with Gasteiger partial charge in [0.05, 0.1) is 7.11 Å². The molecule has 0 radical (unpaired) electrons. The third kappa shape index (κ3) is 2.86. The van der Waals surface area contributed by atoms with Crippen molar-refractivity contribution in [2.75, 3.05) is 12.0 Å². The highest BCUT2D eigenvalue weighted by Gasteiger charge is 2.43. The Labute approximate surface area is 134 Å². The Morgan fingerprint density at radius 3 is 2.55 bits per heavy atom. The molecule has 2 atom stereocenters. The Bertz CT molecular complexity index is 563. The van der Waals surface area contributed by atoms with Gasteiger partial charge in [-0.2, -0.15) is 0 Å². The molecule has 122 valence electrons. The summed E-state index contributed by atoms with van der Waals surface area (Å²) in [5.41, 5.74) is 3.66. The zero-order valence-corrected chi connectivity index (χ0v) is 14.9. The lowest BCUT2D eigenvalue weighted by Crippen LogP contribution is -2.58. The average Bonchev–Trinajstić information content (AvgIpc) is 2.41. The van der Waals surface area contributed by atoms with Crippen molar-refractivity contribution in [2.24, 2.45) is 5.92 Å². The molecule has 1 heterocycles. The summed E-state index contributed by atoms with van der Waals surface area (Å²) < 4.78 is 5.11. The fourth-order valence-corrected chi connectivity index (χ4v) is 3.89. The molecule has 0 aromatic heterocycles. The van der Waals surface area contributed by atoms with E-state index in [4.69, 9.17) is 4.74 Å². The van der Waals surface area contributed by atoms with Gasteiger partial charge in [0.2, 0.25) is 0 Å². The maximum absolute atomic E-state index is 12.5. The summed E-state index contributed by atoms with van der Waals surface area (Å²) in [4.78, 5) is 14.8. The van der Waals surface area contributed by atoms with Crippen molar-refractivity contribution in [3.05, 3.63) is 29.3 Å². The van der Waals surface area contributed by atoms with E-state index in [9.17, 15) is 4.79 Å². The second kappa shape index (κ2) is 5.94.